The summed E-state index contributed by atoms with van der Waals surface area (Å²) in [5.74, 6) is 0.914. The molecule has 0 nitrogen and oxygen atoms in total. The minimum atomic E-state index is 0.284. The number of hydrogen-bond donors (Lipinski definition) is 0. The summed E-state index contributed by atoms with van der Waals surface area (Å²) in [5, 5.41) is 0. The first-order valence-corrected chi connectivity index (χ1v) is 5.31. The van der Waals surface area contributed by atoms with E-state index < -0.39 is 0 Å². The average molecular weight is 169 g/mol. The van der Waals surface area contributed by atoms with Gasteiger partial charge in [0.05, 0.1) is 0 Å². The zero-order valence-electron chi connectivity index (χ0n) is 9.32. The molecule has 0 aromatic carbocycles. The molecule has 73 valence electrons. The molecule has 12 heavy (non-hydrogen) atoms. The molecule has 1 unspecified atom stereocenters. The fraction of sp³-hybridized carbons (Fsp3) is 0.917. The van der Waals surface area contributed by atoms with Gasteiger partial charge in [-0.2, -0.15) is 0 Å². The summed E-state index contributed by atoms with van der Waals surface area (Å²) < 4.78 is 0. The summed E-state index contributed by atoms with van der Waals surface area (Å²) in [5.41, 5.74) is 0.284. The van der Waals surface area contributed by atoms with E-state index in [9.17, 15) is 0 Å². The molecule has 0 aliphatic heterocycles. The second kappa shape index (κ2) is 5.61. The highest BCUT2D eigenvalue weighted by Gasteiger charge is 2.10. The Morgan fingerprint density at radius 3 is 2.25 bits per heavy atom. The quantitative estimate of drug-likeness (QED) is 0.551. The molecule has 0 heterocycles. The van der Waals surface area contributed by atoms with E-state index in [-0.39, 0.29) is 5.41 Å². The summed E-state index contributed by atoms with van der Waals surface area (Å²) in [6.07, 6.45) is 6.71. The van der Waals surface area contributed by atoms with Gasteiger partial charge in [0.25, 0.3) is 0 Å². The van der Waals surface area contributed by atoms with Crippen molar-refractivity contribution < 1.29 is 0 Å². The van der Waals surface area contributed by atoms with Crippen LogP contribution in [0.1, 0.15) is 59.8 Å². The summed E-state index contributed by atoms with van der Waals surface area (Å²) in [4.78, 5) is 0. The van der Waals surface area contributed by atoms with Crippen LogP contribution in [0.4, 0.5) is 0 Å². The van der Waals surface area contributed by atoms with Gasteiger partial charge in [0.2, 0.25) is 0 Å². The van der Waals surface area contributed by atoms with Crippen molar-refractivity contribution >= 4 is 0 Å². The lowest BCUT2D eigenvalue weighted by Gasteiger charge is -2.18. The van der Waals surface area contributed by atoms with Gasteiger partial charge in [0.15, 0.2) is 0 Å². The molecule has 0 fully saturated rings. The first-order chi connectivity index (χ1) is 5.45. The summed E-state index contributed by atoms with van der Waals surface area (Å²) >= 11 is 0. The summed E-state index contributed by atoms with van der Waals surface area (Å²) in [7, 11) is 0. The van der Waals surface area contributed by atoms with Gasteiger partial charge in [0.1, 0.15) is 0 Å². The largest absolute Gasteiger partial charge is 0.0654 e. The van der Waals surface area contributed by atoms with Gasteiger partial charge in [-0.05, 0) is 24.7 Å². The molecule has 0 bridgehead atoms. The van der Waals surface area contributed by atoms with Gasteiger partial charge in [-0.25, -0.2) is 0 Å². The SMILES string of the molecule is [CH2]C(C)(C)CCCC(C)CCC. The van der Waals surface area contributed by atoms with Gasteiger partial charge in [-0.1, -0.05) is 53.4 Å². The van der Waals surface area contributed by atoms with Crippen molar-refractivity contribution in [1.29, 1.82) is 0 Å². The topological polar surface area (TPSA) is 0 Å². The van der Waals surface area contributed by atoms with Gasteiger partial charge < -0.3 is 0 Å². The lowest BCUT2D eigenvalue weighted by Crippen LogP contribution is -2.06. The highest BCUT2D eigenvalue weighted by Crippen LogP contribution is 2.23. The molecule has 0 rings (SSSR count). The van der Waals surface area contributed by atoms with Gasteiger partial charge in [-0.15, -0.1) is 0 Å². The molecule has 0 N–H and O–H groups in total. The predicted octanol–water partition coefficient (Wildman–Crippen LogP) is 4.45. The Hall–Kier alpha value is 0. The van der Waals surface area contributed by atoms with Crippen molar-refractivity contribution in [2.24, 2.45) is 11.3 Å². The standard InChI is InChI=1S/C12H25/c1-6-8-11(2)9-7-10-12(3,4)5/h11H,3,6-10H2,1-2,4-5H3. The molecule has 1 atom stereocenters. The predicted molar refractivity (Wildman–Crippen MR) is 57.1 cm³/mol. The van der Waals surface area contributed by atoms with E-state index in [0.29, 0.717) is 0 Å². The van der Waals surface area contributed by atoms with E-state index in [4.69, 9.17) is 0 Å². The van der Waals surface area contributed by atoms with Crippen molar-refractivity contribution in [1.82, 2.24) is 0 Å². The maximum absolute atomic E-state index is 4.11. The first-order valence-electron chi connectivity index (χ1n) is 5.31. The second-order valence-electron chi connectivity index (χ2n) is 4.95. The van der Waals surface area contributed by atoms with Crippen LogP contribution in [0.15, 0.2) is 0 Å². The fourth-order valence-electron chi connectivity index (χ4n) is 1.57. The van der Waals surface area contributed by atoms with Crippen LogP contribution in [0, 0.1) is 18.3 Å². The molecule has 0 spiro atoms. The van der Waals surface area contributed by atoms with Crippen molar-refractivity contribution in [3.63, 3.8) is 0 Å². The monoisotopic (exact) mass is 169 g/mol. The van der Waals surface area contributed by atoms with Gasteiger partial charge in [0, 0.05) is 0 Å². The van der Waals surface area contributed by atoms with Crippen LogP contribution in [0.3, 0.4) is 0 Å². The summed E-state index contributed by atoms with van der Waals surface area (Å²) in [6, 6.07) is 0. The molecule has 0 aromatic rings. The third-order valence-electron chi connectivity index (χ3n) is 2.33. The van der Waals surface area contributed by atoms with E-state index >= 15 is 0 Å². The Balaban J connectivity index is 3.31. The minimum absolute atomic E-state index is 0.284. The van der Waals surface area contributed by atoms with Crippen molar-refractivity contribution in [3.8, 4) is 0 Å². The molecule has 1 radical (unpaired) electrons. The lowest BCUT2D eigenvalue weighted by molar-refractivity contribution is 0.373. The normalized spacial score (nSPS) is 14.8. The zero-order chi connectivity index (χ0) is 9.61. The third kappa shape index (κ3) is 8.10. The molecule has 0 amide bonds. The van der Waals surface area contributed by atoms with E-state index in [1.165, 1.54) is 32.1 Å². The first kappa shape index (κ1) is 12.0. The Kier molecular flexibility index (Phi) is 5.61. The lowest BCUT2D eigenvalue weighted by atomic mass is 9.87. The van der Waals surface area contributed by atoms with Gasteiger partial charge >= 0.3 is 0 Å². The van der Waals surface area contributed by atoms with E-state index in [1.807, 2.05) is 0 Å². The van der Waals surface area contributed by atoms with Crippen molar-refractivity contribution in [3.05, 3.63) is 6.92 Å². The molecule has 0 aliphatic carbocycles. The molecular weight excluding hydrogens is 144 g/mol. The molecular formula is C12H25. The highest BCUT2D eigenvalue weighted by atomic mass is 14.2. The van der Waals surface area contributed by atoms with Crippen molar-refractivity contribution in [2.75, 3.05) is 0 Å². The van der Waals surface area contributed by atoms with Crippen molar-refractivity contribution in [2.45, 2.75) is 59.8 Å². The Morgan fingerprint density at radius 2 is 1.83 bits per heavy atom. The van der Waals surface area contributed by atoms with Crippen LogP contribution in [0.5, 0.6) is 0 Å². The van der Waals surface area contributed by atoms with E-state index in [0.717, 1.165) is 5.92 Å². The molecule has 0 saturated heterocycles. The summed E-state index contributed by atoms with van der Waals surface area (Å²) in [6.45, 7) is 13.2. The maximum atomic E-state index is 4.11. The molecule has 0 saturated carbocycles. The van der Waals surface area contributed by atoms with Crippen LogP contribution >= 0.6 is 0 Å². The van der Waals surface area contributed by atoms with Crippen LogP contribution in [0.2, 0.25) is 0 Å². The van der Waals surface area contributed by atoms with E-state index in [1.54, 1.807) is 0 Å². The second-order valence-corrected chi connectivity index (χ2v) is 4.95. The van der Waals surface area contributed by atoms with E-state index in [2.05, 4.69) is 34.6 Å². The zero-order valence-corrected chi connectivity index (χ0v) is 9.32. The number of hydrogen-bond acceptors (Lipinski definition) is 0. The number of rotatable bonds is 6. The Labute approximate surface area is 78.8 Å². The minimum Gasteiger partial charge on any atom is -0.0654 e. The molecule has 0 aromatic heterocycles. The third-order valence-corrected chi connectivity index (χ3v) is 2.33. The fourth-order valence-corrected chi connectivity index (χ4v) is 1.57. The van der Waals surface area contributed by atoms with Crippen LogP contribution in [-0.2, 0) is 0 Å². The molecule has 0 aliphatic rings. The van der Waals surface area contributed by atoms with Crippen LogP contribution in [-0.4, -0.2) is 0 Å². The Bertz CT molecular complexity index is 97.1. The van der Waals surface area contributed by atoms with Crippen LogP contribution in [0.25, 0.3) is 0 Å². The smallest absolute Gasteiger partial charge is 0.0354 e. The maximum Gasteiger partial charge on any atom is -0.0354 e. The molecule has 0 heteroatoms. The van der Waals surface area contributed by atoms with Gasteiger partial charge in [-0.3, -0.25) is 0 Å². The van der Waals surface area contributed by atoms with Crippen LogP contribution < -0.4 is 0 Å². The average Bonchev–Trinajstić information content (AvgIpc) is 1.84. The highest BCUT2D eigenvalue weighted by molar-refractivity contribution is 4.70. The Morgan fingerprint density at radius 1 is 1.25 bits per heavy atom.